The predicted molar refractivity (Wildman–Crippen MR) is 67.2 cm³/mol. The molecule has 0 amide bonds. The third-order valence-electron chi connectivity index (χ3n) is 3.05. The van der Waals surface area contributed by atoms with Crippen LogP contribution >= 0.6 is 0 Å². The lowest BCUT2D eigenvalue weighted by atomic mass is 9.92. The summed E-state index contributed by atoms with van der Waals surface area (Å²) in [7, 11) is 0. The second-order valence-electron chi connectivity index (χ2n) is 5.03. The van der Waals surface area contributed by atoms with Gasteiger partial charge < -0.3 is 9.59 Å². The molecule has 0 unspecified atom stereocenters. The van der Waals surface area contributed by atoms with Crippen molar-refractivity contribution in [1.82, 2.24) is 0 Å². The standard InChI is InChI=1S/C14H24O2/c1-11(2)13(9-15)7-5-6-8-14(10-16)12(3)4/h5-6,9-14H,7-8H2,1-4H3/b6-5+/t13-,14-/m1/s1. The number of hydrogen-bond donors (Lipinski definition) is 0. The lowest BCUT2D eigenvalue weighted by Gasteiger charge is -2.12. The van der Waals surface area contributed by atoms with Crippen LogP contribution < -0.4 is 0 Å². The Labute approximate surface area is 99.1 Å². The molecule has 0 aromatic carbocycles. The van der Waals surface area contributed by atoms with E-state index in [1.54, 1.807) is 0 Å². The highest BCUT2D eigenvalue weighted by Gasteiger charge is 2.11. The first-order chi connectivity index (χ1) is 7.52. The van der Waals surface area contributed by atoms with E-state index in [0.29, 0.717) is 11.8 Å². The first kappa shape index (κ1) is 15.1. The Kier molecular flexibility index (Phi) is 7.78. The second kappa shape index (κ2) is 8.26. The molecule has 0 N–H and O–H groups in total. The predicted octanol–water partition coefficient (Wildman–Crippen LogP) is 3.27. The molecule has 0 bridgehead atoms. The Morgan fingerprint density at radius 3 is 1.25 bits per heavy atom. The summed E-state index contributed by atoms with van der Waals surface area (Å²) in [6.45, 7) is 8.20. The van der Waals surface area contributed by atoms with Gasteiger partial charge in [0.2, 0.25) is 0 Å². The number of hydrogen-bond acceptors (Lipinski definition) is 2. The van der Waals surface area contributed by atoms with E-state index in [1.807, 2.05) is 12.2 Å². The van der Waals surface area contributed by atoms with Crippen molar-refractivity contribution in [3.8, 4) is 0 Å². The molecule has 0 fully saturated rings. The highest BCUT2D eigenvalue weighted by molar-refractivity contribution is 5.55. The highest BCUT2D eigenvalue weighted by atomic mass is 16.1. The highest BCUT2D eigenvalue weighted by Crippen LogP contribution is 2.16. The average Bonchev–Trinajstić information content (AvgIpc) is 2.22. The molecule has 0 aliphatic rings. The SMILES string of the molecule is CC(C)[C@@H](C=O)C/C=C/C[C@H](C=O)C(C)C. The Balaban J connectivity index is 4.00. The van der Waals surface area contributed by atoms with Crippen molar-refractivity contribution < 1.29 is 9.59 Å². The summed E-state index contributed by atoms with van der Waals surface area (Å²) in [6, 6.07) is 0. The Hall–Kier alpha value is -0.920. The molecule has 92 valence electrons. The fourth-order valence-corrected chi connectivity index (χ4v) is 1.48. The topological polar surface area (TPSA) is 34.1 Å². The van der Waals surface area contributed by atoms with E-state index in [4.69, 9.17) is 0 Å². The Morgan fingerprint density at radius 2 is 1.06 bits per heavy atom. The van der Waals surface area contributed by atoms with E-state index in [1.165, 1.54) is 0 Å². The minimum absolute atomic E-state index is 0.102. The van der Waals surface area contributed by atoms with Crippen LogP contribution in [0.5, 0.6) is 0 Å². The van der Waals surface area contributed by atoms with Crippen LogP contribution in [0.4, 0.5) is 0 Å². The van der Waals surface area contributed by atoms with Crippen LogP contribution in [0, 0.1) is 23.7 Å². The summed E-state index contributed by atoms with van der Waals surface area (Å²) < 4.78 is 0. The van der Waals surface area contributed by atoms with E-state index < -0.39 is 0 Å². The molecular weight excluding hydrogens is 200 g/mol. The van der Waals surface area contributed by atoms with Gasteiger partial charge in [-0.05, 0) is 24.7 Å². The molecule has 0 saturated heterocycles. The summed E-state index contributed by atoms with van der Waals surface area (Å²) in [4.78, 5) is 21.5. The van der Waals surface area contributed by atoms with Crippen molar-refractivity contribution >= 4 is 12.6 Å². The smallest absolute Gasteiger partial charge is 0.123 e. The zero-order valence-corrected chi connectivity index (χ0v) is 10.8. The van der Waals surface area contributed by atoms with Gasteiger partial charge in [0.1, 0.15) is 12.6 Å². The molecule has 0 heterocycles. The van der Waals surface area contributed by atoms with Crippen molar-refractivity contribution in [2.75, 3.05) is 0 Å². The Morgan fingerprint density at radius 1 is 0.750 bits per heavy atom. The summed E-state index contributed by atoms with van der Waals surface area (Å²) in [6.07, 6.45) is 7.66. The van der Waals surface area contributed by atoms with E-state index in [-0.39, 0.29) is 11.8 Å². The molecule has 0 aromatic heterocycles. The van der Waals surface area contributed by atoms with Crippen molar-refractivity contribution in [3.63, 3.8) is 0 Å². The molecule has 0 rings (SSSR count). The van der Waals surface area contributed by atoms with Crippen LogP contribution in [0.15, 0.2) is 12.2 Å². The monoisotopic (exact) mass is 224 g/mol. The van der Waals surface area contributed by atoms with Gasteiger partial charge in [-0.1, -0.05) is 39.8 Å². The van der Waals surface area contributed by atoms with Gasteiger partial charge in [0.15, 0.2) is 0 Å². The van der Waals surface area contributed by atoms with E-state index in [2.05, 4.69) is 27.7 Å². The third kappa shape index (κ3) is 5.84. The lowest BCUT2D eigenvalue weighted by Crippen LogP contribution is -2.10. The number of allylic oxidation sites excluding steroid dienone is 2. The molecular formula is C14H24O2. The van der Waals surface area contributed by atoms with Crippen molar-refractivity contribution in [1.29, 1.82) is 0 Å². The van der Waals surface area contributed by atoms with Gasteiger partial charge in [-0.3, -0.25) is 0 Å². The van der Waals surface area contributed by atoms with Gasteiger partial charge >= 0.3 is 0 Å². The van der Waals surface area contributed by atoms with Crippen LogP contribution in [0.1, 0.15) is 40.5 Å². The third-order valence-corrected chi connectivity index (χ3v) is 3.05. The van der Waals surface area contributed by atoms with Crippen LogP contribution in [-0.4, -0.2) is 12.6 Å². The van der Waals surface area contributed by atoms with Crippen molar-refractivity contribution in [3.05, 3.63) is 12.2 Å². The minimum atomic E-state index is 0.102. The fourth-order valence-electron chi connectivity index (χ4n) is 1.48. The maximum absolute atomic E-state index is 10.7. The zero-order chi connectivity index (χ0) is 12.6. The molecule has 0 saturated carbocycles. The van der Waals surface area contributed by atoms with Gasteiger partial charge in [0, 0.05) is 11.8 Å². The molecule has 0 aliphatic carbocycles. The normalized spacial score (nSPS) is 15.6. The molecule has 0 radical (unpaired) electrons. The zero-order valence-electron chi connectivity index (χ0n) is 10.8. The van der Waals surface area contributed by atoms with E-state index in [9.17, 15) is 9.59 Å². The minimum Gasteiger partial charge on any atom is -0.303 e. The molecule has 0 aromatic rings. The number of rotatable bonds is 8. The van der Waals surface area contributed by atoms with Gasteiger partial charge in [-0.15, -0.1) is 0 Å². The van der Waals surface area contributed by atoms with Gasteiger partial charge in [0.25, 0.3) is 0 Å². The molecule has 2 nitrogen and oxygen atoms in total. The average molecular weight is 224 g/mol. The lowest BCUT2D eigenvalue weighted by molar-refractivity contribution is -0.112. The number of aldehydes is 2. The van der Waals surface area contributed by atoms with Crippen molar-refractivity contribution in [2.24, 2.45) is 23.7 Å². The van der Waals surface area contributed by atoms with Crippen molar-refractivity contribution in [2.45, 2.75) is 40.5 Å². The molecule has 2 heteroatoms. The van der Waals surface area contributed by atoms with Gasteiger partial charge in [0.05, 0.1) is 0 Å². The van der Waals surface area contributed by atoms with Crippen LogP contribution in [0.3, 0.4) is 0 Å². The van der Waals surface area contributed by atoms with E-state index >= 15 is 0 Å². The molecule has 16 heavy (non-hydrogen) atoms. The number of carbonyl (C=O) groups is 2. The Bertz CT molecular complexity index is 205. The van der Waals surface area contributed by atoms with Gasteiger partial charge in [-0.2, -0.15) is 0 Å². The van der Waals surface area contributed by atoms with Crippen LogP contribution in [0.2, 0.25) is 0 Å². The number of carbonyl (C=O) groups excluding carboxylic acids is 2. The summed E-state index contributed by atoms with van der Waals surface area (Å²) in [5, 5.41) is 0. The first-order valence-electron chi connectivity index (χ1n) is 6.08. The van der Waals surface area contributed by atoms with Gasteiger partial charge in [-0.25, -0.2) is 0 Å². The largest absolute Gasteiger partial charge is 0.303 e. The maximum atomic E-state index is 10.7. The summed E-state index contributed by atoms with van der Waals surface area (Å²) in [5.74, 6) is 0.971. The second-order valence-corrected chi connectivity index (χ2v) is 5.03. The summed E-state index contributed by atoms with van der Waals surface area (Å²) in [5.41, 5.74) is 0. The van der Waals surface area contributed by atoms with E-state index in [0.717, 1.165) is 25.4 Å². The quantitative estimate of drug-likeness (QED) is 0.468. The first-order valence-corrected chi connectivity index (χ1v) is 6.08. The molecule has 0 spiro atoms. The van der Waals surface area contributed by atoms with Crippen LogP contribution in [-0.2, 0) is 9.59 Å². The summed E-state index contributed by atoms with van der Waals surface area (Å²) >= 11 is 0. The molecule has 0 aliphatic heterocycles. The van der Waals surface area contributed by atoms with Crippen LogP contribution in [0.25, 0.3) is 0 Å². The molecule has 2 atom stereocenters. The maximum Gasteiger partial charge on any atom is 0.123 e. The fraction of sp³-hybridized carbons (Fsp3) is 0.714.